The Morgan fingerprint density at radius 3 is 2.96 bits per heavy atom. The lowest BCUT2D eigenvalue weighted by molar-refractivity contribution is -0.419. The molecule has 0 saturated carbocycles. The standard InChI is InChI=1S/C18H10N4O3/c23-12-1-4-18-8-11(22(24)25)3-6-21(18)16-10-19-9-15-17(16)13(2-5-20-15)14(18)7-12/h1-10H. The Hall–Kier alpha value is -3.61. The SMILES string of the molecule is O=C1C=CC23C=C([N+](=O)[O-])C=CN2c2cncc4nccc(c24)C3=C1. The maximum absolute atomic E-state index is 12.1. The smallest absolute Gasteiger partial charge is 0.269 e. The molecule has 4 heterocycles. The first-order chi connectivity index (χ1) is 12.1. The summed E-state index contributed by atoms with van der Waals surface area (Å²) in [5.74, 6) is -0.145. The molecule has 0 amide bonds. The highest BCUT2D eigenvalue weighted by Crippen LogP contribution is 2.50. The Kier molecular flexibility index (Phi) is 2.47. The van der Waals surface area contributed by atoms with Crippen LogP contribution in [0.2, 0.25) is 0 Å². The van der Waals surface area contributed by atoms with Gasteiger partial charge in [-0.05, 0) is 35.4 Å². The molecule has 1 unspecified atom stereocenters. The summed E-state index contributed by atoms with van der Waals surface area (Å²) in [6, 6.07) is 1.83. The number of nitrogens with zero attached hydrogens (tertiary/aromatic N) is 4. The van der Waals surface area contributed by atoms with E-state index in [1.165, 1.54) is 12.2 Å². The zero-order chi connectivity index (χ0) is 17.2. The second kappa shape index (κ2) is 4.47. The summed E-state index contributed by atoms with van der Waals surface area (Å²) in [5, 5.41) is 12.2. The van der Waals surface area contributed by atoms with Crippen molar-refractivity contribution >= 4 is 27.9 Å². The number of pyridine rings is 2. The number of carbonyl (C=O) groups is 1. The molecule has 0 aromatic carbocycles. The van der Waals surface area contributed by atoms with Crippen molar-refractivity contribution in [3.63, 3.8) is 0 Å². The number of fused-ring (bicyclic) bond motifs is 2. The summed E-state index contributed by atoms with van der Waals surface area (Å²) in [6.45, 7) is 0. The Morgan fingerprint density at radius 1 is 1.24 bits per heavy atom. The number of aromatic nitrogens is 2. The first-order valence-electron chi connectivity index (χ1n) is 7.63. The van der Waals surface area contributed by atoms with Crippen LogP contribution < -0.4 is 4.90 Å². The highest BCUT2D eigenvalue weighted by atomic mass is 16.6. The van der Waals surface area contributed by atoms with Crippen molar-refractivity contribution < 1.29 is 9.72 Å². The molecule has 25 heavy (non-hydrogen) atoms. The van der Waals surface area contributed by atoms with E-state index in [1.54, 1.807) is 43.0 Å². The Bertz CT molecular complexity index is 1110. The van der Waals surface area contributed by atoms with Gasteiger partial charge in [0.15, 0.2) is 5.78 Å². The second-order valence-corrected chi connectivity index (χ2v) is 6.04. The van der Waals surface area contributed by atoms with Crippen LogP contribution in [-0.2, 0) is 4.79 Å². The van der Waals surface area contributed by atoms with Gasteiger partial charge in [0.1, 0.15) is 5.54 Å². The Balaban J connectivity index is 1.92. The molecule has 3 aliphatic rings. The molecule has 1 atom stereocenters. The first kappa shape index (κ1) is 13.8. The lowest BCUT2D eigenvalue weighted by Crippen LogP contribution is -2.49. The molecule has 0 bridgehead atoms. The summed E-state index contributed by atoms with van der Waals surface area (Å²) in [7, 11) is 0. The van der Waals surface area contributed by atoms with E-state index in [2.05, 4.69) is 9.97 Å². The minimum absolute atomic E-state index is 0.0150. The van der Waals surface area contributed by atoms with Crippen molar-refractivity contribution in [3.8, 4) is 0 Å². The lowest BCUT2D eigenvalue weighted by atomic mass is 9.74. The van der Waals surface area contributed by atoms with E-state index in [9.17, 15) is 14.9 Å². The van der Waals surface area contributed by atoms with Gasteiger partial charge in [-0.3, -0.25) is 24.9 Å². The average Bonchev–Trinajstić information content (AvgIpc) is 2.62. The maximum Gasteiger partial charge on any atom is 0.269 e. The lowest BCUT2D eigenvalue weighted by Gasteiger charge is -2.46. The van der Waals surface area contributed by atoms with Crippen molar-refractivity contribution in [2.24, 2.45) is 0 Å². The van der Waals surface area contributed by atoms with Crippen molar-refractivity contribution in [1.82, 2.24) is 9.97 Å². The number of ketones is 1. The molecule has 1 spiro atoms. The van der Waals surface area contributed by atoms with Crippen LogP contribution in [0.15, 0.2) is 66.9 Å². The van der Waals surface area contributed by atoms with Gasteiger partial charge in [-0.2, -0.15) is 0 Å². The van der Waals surface area contributed by atoms with Crippen LogP contribution in [0.3, 0.4) is 0 Å². The quantitative estimate of drug-likeness (QED) is 0.589. The third kappa shape index (κ3) is 1.66. The minimum atomic E-state index is -0.921. The topological polar surface area (TPSA) is 89.2 Å². The molecule has 0 fully saturated rings. The molecule has 2 aromatic heterocycles. The van der Waals surface area contributed by atoms with E-state index in [0.717, 1.165) is 16.6 Å². The molecule has 0 saturated heterocycles. The van der Waals surface area contributed by atoms with Crippen LogP contribution in [-0.4, -0.2) is 26.2 Å². The van der Waals surface area contributed by atoms with Gasteiger partial charge in [0.05, 0.1) is 28.5 Å². The number of rotatable bonds is 1. The zero-order valence-corrected chi connectivity index (χ0v) is 12.8. The first-order valence-corrected chi connectivity index (χ1v) is 7.63. The van der Waals surface area contributed by atoms with Crippen molar-refractivity contribution in [3.05, 3.63) is 82.6 Å². The number of hydrogen-bond donors (Lipinski definition) is 0. The van der Waals surface area contributed by atoms with Crippen LogP contribution in [0.1, 0.15) is 5.56 Å². The molecule has 7 heteroatoms. The Morgan fingerprint density at radius 2 is 2.12 bits per heavy atom. The molecule has 2 aromatic rings. The van der Waals surface area contributed by atoms with E-state index in [1.807, 2.05) is 11.0 Å². The number of nitro groups is 1. The summed E-state index contributed by atoms with van der Waals surface area (Å²) >= 11 is 0. The van der Waals surface area contributed by atoms with Crippen molar-refractivity contribution in [2.75, 3.05) is 4.90 Å². The monoisotopic (exact) mass is 330 g/mol. The summed E-state index contributed by atoms with van der Waals surface area (Å²) in [4.78, 5) is 33.5. The maximum atomic E-state index is 12.1. The van der Waals surface area contributed by atoms with Gasteiger partial charge in [0.25, 0.3) is 5.70 Å². The second-order valence-electron chi connectivity index (χ2n) is 6.04. The third-order valence-corrected chi connectivity index (χ3v) is 4.77. The fourth-order valence-electron chi connectivity index (χ4n) is 3.74. The summed E-state index contributed by atoms with van der Waals surface area (Å²) in [6.07, 6.45) is 14.4. The van der Waals surface area contributed by atoms with E-state index in [0.29, 0.717) is 11.1 Å². The van der Waals surface area contributed by atoms with Gasteiger partial charge in [0.2, 0.25) is 0 Å². The van der Waals surface area contributed by atoms with Crippen LogP contribution in [0.25, 0.3) is 16.5 Å². The normalized spacial score (nSPS) is 23.0. The molecule has 1 aliphatic carbocycles. The van der Waals surface area contributed by atoms with E-state index >= 15 is 0 Å². The van der Waals surface area contributed by atoms with Gasteiger partial charge in [-0.25, -0.2) is 0 Å². The molecular weight excluding hydrogens is 320 g/mol. The largest absolute Gasteiger partial charge is 0.328 e. The Labute approximate surface area is 141 Å². The average molecular weight is 330 g/mol. The van der Waals surface area contributed by atoms with Gasteiger partial charge in [-0.1, -0.05) is 0 Å². The van der Waals surface area contributed by atoms with Crippen LogP contribution >= 0.6 is 0 Å². The molecule has 2 aliphatic heterocycles. The van der Waals surface area contributed by atoms with Crippen LogP contribution in [0, 0.1) is 10.1 Å². The van der Waals surface area contributed by atoms with Crippen molar-refractivity contribution in [1.29, 1.82) is 0 Å². The molecule has 120 valence electrons. The summed E-state index contributed by atoms with van der Waals surface area (Å²) in [5.41, 5.74) is 2.12. The molecule has 0 radical (unpaired) electrons. The predicted octanol–water partition coefficient (Wildman–Crippen LogP) is 2.40. The number of carbonyl (C=O) groups excluding carboxylic acids is 1. The molecule has 7 nitrogen and oxygen atoms in total. The molecule has 5 rings (SSSR count). The van der Waals surface area contributed by atoms with Gasteiger partial charge in [0, 0.05) is 29.9 Å². The molecular formula is C18H10N4O3. The highest BCUT2D eigenvalue weighted by Gasteiger charge is 2.46. The van der Waals surface area contributed by atoms with Gasteiger partial charge in [-0.15, -0.1) is 0 Å². The minimum Gasteiger partial charge on any atom is -0.328 e. The predicted molar refractivity (Wildman–Crippen MR) is 91.1 cm³/mol. The van der Waals surface area contributed by atoms with Gasteiger partial charge < -0.3 is 4.90 Å². The van der Waals surface area contributed by atoms with Crippen LogP contribution in [0.4, 0.5) is 5.69 Å². The fraction of sp³-hybridized carbons (Fsp3) is 0.0556. The molecule has 0 N–H and O–H groups in total. The zero-order valence-electron chi connectivity index (χ0n) is 12.8. The van der Waals surface area contributed by atoms with E-state index in [-0.39, 0.29) is 11.5 Å². The summed E-state index contributed by atoms with van der Waals surface area (Å²) < 4.78 is 0. The van der Waals surface area contributed by atoms with Crippen molar-refractivity contribution in [2.45, 2.75) is 5.54 Å². The fourth-order valence-corrected chi connectivity index (χ4v) is 3.74. The number of allylic oxidation sites excluding steroid dienone is 3. The van der Waals surface area contributed by atoms with E-state index in [4.69, 9.17) is 0 Å². The number of hydrogen-bond acceptors (Lipinski definition) is 6. The third-order valence-electron chi connectivity index (χ3n) is 4.77. The van der Waals surface area contributed by atoms with Crippen LogP contribution in [0.5, 0.6) is 0 Å². The van der Waals surface area contributed by atoms with E-state index < -0.39 is 10.5 Å². The highest BCUT2D eigenvalue weighted by molar-refractivity contribution is 6.16. The van der Waals surface area contributed by atoms with Gasteiger partial charge >= 0.3 is 0 Å². The number of anilines is 1.